The summed E-state index contributed by atoms with van der Waals surface area (Å²) in [4.78, 5) is 24.1. The van der Waals surface area contributed by atoms with E-state index in [0.29, 0.717) is 5.69 Å². The van der Waals surface area contributed by atoms with E-state index in [2.05, 4.69) is 15.8 Å². The monoisotopic (exact) mass is 325 g/mol. The second-order valence-electron chi connectivity index (χ2n) is 7.21. The third kappa shape index (κ3) is 5.92. The summed E-state index contributed by atoms with van der Waals surface area (Å²) in [5.41, 5.74) is -0.596. The van der Waals surface area contributed by atoms with Gasteiger partial charge in [0.1, 0.15) is 5.60 Å². The van der Waals surface area contributed by atoms with Gasteiger partial charge in [-0.3, -0.25) is 4.79 Å². The molecular weight excluding hydrogens is 298 g/mol. The van der Waals surface area contributed by atoms with E-state index in [-0.39, 0.29) is 24.1 Å². The fourth-order valence-electron chi connectivity index (χ4n) is 1.75. The van der Waals surface area contributed by atoms with Crippen LogP contribution in [0.3, 0.4) is 0 Å². The Labute approximate surface area is 137 Å². The third-order valence-electron chi connectivity index (χ3n) is 3.52. The smallest absolute Gasteiger partial charge is 0.407 e. The molecule has 23 heavy (non-hydrogen) atoms. The minimum Gasteiger partial charge on any atom is -0.444 e. The lowest BCUT2D eigenvalue weighted by Gasteiger charge is -2.35. The Balaban J connectivity index is 2.71. The van der Waals surface area contributed by atoms with E-state index in [1.807, 2.05) is 20.8 Å². The Morgan fingerprint density at radius 3 is 2.35 bits per heavy atom. The number of carbonyl (C=O) groups is 2. The van der Waals surface area contributed by atoms with Crippen LogP contribution in [0.4, 0.5) is 4.79 Å². The first-order chi connectivity index (χ1) is 10.4. The predicted molar refractivity (Wildman–Crippen MR) is 86.2 cm³/mol. The lowest BCUT2D eigenvalue weighted by atomic mass is 9.88. The molecule has 0 aliphatic rings. The van der Waals surface area contributed by atoms with Gasteiger partial charge in [0.05, 0.1) is 11.2 Å². The summed E-state index contributed by atoms with van der Waals surface area (Å²) >= 11 is 0. The van der Waals surface area contributed by atoms with Crippen molar-refractivity contribution < 1.29 is 18.8 Å². The Bertz CT molecular complexity index is 560. The van der Waals surface area contributed by atoms with Crippen LogP contribution in [0.5, 0.6) is 0 Å². The first kappa shape index (κ1) is 19.0. The van der Waals surface area contributed by atoms with Crippen molar-refractivity contribution in [3.63, 3.8) is 0 Å². The zero-order chi connectivity index (χ0) is 17.8. The zero-order valence-electron chi connectivity index (χ0n) is 14.9. The van der Waals surface area contributed by atoms with E-state index < -0.39 is 17.2 Å². The fourth-order valence-corrected chi connectivity index (χ4v) is 1.75. The highest BCUT2D eigenvalue weighted by molar-refractivity contribution is 5.92. The molecule has 2 amide bonds. The molecule has 0 aliphatic carbocycles. The van der Waals surface area contributed by atoms with Crippen LogP contribution < -0.4 is 10.6 Å². The van der Waals surface area contributed by atoms with E-state index in [9.17, 15) is 9.59 Å². The van der Waals surface area contributed by atoms with Gasteiger partial charge in [0.15, 0.2) is 0 Å². The van der Waals surface area contributed by atoms with Gasteiger partial charge in [-0.25, -0.2) is 4.79 Å². The second-order valence-corrected chi connectivity index (χ2v) is 7.21. The summed E-state index contributed by atoms with van der Waals surface area (Å²) in [6.45, 7) is 13.1. The lowest BCUT2D eigenvalue weighted by molar-refractivity contribution is 0.0495. The molecular formula is C16H27N3O4. The average molecular weight is 325 g/mol. The van der Waals surface area contributed by atoms with Crippen molar-refractivity contribution in [2.75, 3.05) is 6.54 Å². The number of ether oxygens (including phenoxy) is 1. The quantitative estimate of drug-likeness (QED) is 0.868. The van der Waals surface area contributed by atoms with Gasteiger partial charge in [0, 0.05) is 12.6 Å². The molecule has 0 aliphatic heterocycles. The molecule has 0 saturated heterocycles. The first-order valence-corrected chi connectivity index (χ1v) is 7.65. The summed E-state index contributed by atoms with van der Waals surface area (Å²) in [6.07, 6.45) is -0.519. The molecule has 0 aromatic carbocycles. The molecule has 2 N–H and O–H groups in total. The summed E-state index contributed by atoms with van der Waals surface area (Å²) < 4.78 is 10.2. The van der Waals surface area contributed by atoms with Crippen LogP contribution in [0, 0.1) is 12.8 Å². The number of aryl methyl sites for hydroxylation is 1. The minimum absolute atomic E-state index is 0.0744. The van der Waals surface area contributed by atoms with Gasteiger partial charge in [-0.15, -0.1) is 0 Å². The van der Waals surface area contributed by atoms with Crippen LogP contribution in [0.1, 0.15) is 57.8 Å². The van der Waals surface area contributed by atoms with Crippen molar-refractivity contribution in [1.82, 2.24) is 15.8 Å². The molecule has 1 heterocycles. The van der Waals surface area contributed by atoms with Gasteiger partial charge in [0.25, 0.3) is 5.91 Å². The van der Waals surface area contributed by atoms with Gasteiger partial charge < -0.3 is 19.9 Å². The maximum atomic E-state index is 12.3. The van der Waals surface area contributed by atoms with Crippen LogP contribution in [0.15, 0.2) is 10.6 Å². The Morgan fingerprint density at radius 2 is 1.91 bits per heavy atom. The van der Waals surface area contributed by atoms with Crippen molar-refractivity contribution in [3.8, 4) is 0 Å². The molecule has 0 saturated carbocycles. The average Bonchev–Trinajstić information content (AvgIpc) is 2.81. The van der Waals surface area contributed by atoms with Crippen molar-refractivity contribution in [1.29, 1.82) is 0 Å². The summed E-state index contributed by atoms with van der Waals surface area (Å²) in [5.74, 6) is -0.148. The third-order valence-corrected chi connectivity index (χ3v) is 3.52. The SMILES string of the molecule is Cc1cc(C(=O)N[C@@](C)(CNC(=O)OC(C)(C)C)C(C)C)on1. The van der Waals surface area contributed by atoms with Gasteiger partial charge in [-0.05, 0) is 40.5 Å². The van der Waals surface area contributed by atoms with Crippen molar-refractivity contribution >= 4 is 12.0 Å². The highest BCUT2D eigenvalue weighted by Gasteiger charge is 2.32. The van der Waals surface area contributed by atoms with E-state index in [1.54, 1.807) is 33.8 Å². The van der Waals surface area contributed by atoms with Crippen LogP contribution in [0.2, 0.25) is 0 Å². The zero-order valence-corrected chi connectivity index (χ0v) is 14.9. The molecule has 0 spiro atoms. The van der Waals surface area contributed by atoms with Gasteiger partial charge in [0.2, 0.25) is 5.76 Å². The predicted octanol–water partition coefficient (Wildman–Crippen LogP) is 2.65. The number of nitrogens with zero attached hydrogens (tertiary/aromatic N) is 1. The van der Waals surface area contributed by atoms with E-state index in [4.69, 9.17) is 9.26 Å². The van der Waals surface area contributed by atoms with Gasteiger partial charge in [-0.2, -0.15) is 0 Å². The van der Waals surface area contributed by atoms with Crippen molar-refractivity contribution in [2.24, 2.45) is 5.92 Å². The number of aromatic nitrogens is 1. The van der Waals surface area contributed by atoms with Crippen LogP contribution >= 0.6 is 0 Å². The second kappa shape index (κ2) is 7.02. The number of nitrogens with one attached hydrogen (secondary N) is 2. The summed E-state index contributed by atoms with van der Waals surface area (Å²) in [5, 5.41) is 9.30. The first-order valence-electron chi connectivity index (χ1n) is 7.65. The maximum absolute atomic E-state index is 12.3. The largest absolute Gasteiger partial charge is 0.444 e. The number of hydrogen-bond donors (Lipinski definition) is 2. The number of alkyl carbamates (subject to hydrolysis) is 1. The maximum Gasteiger partial charge on any atom is 0.407 e. The molecule has 7 nitrogen and oxygen atoms in total. The normalized spacial score (nSPS) is 14.3. The summed E-state index contributed by atoms with van der Waals surface area (Å²) in [6, 6.07) is 1.57. The Kier molecular flexibility index (Phi) is 5.80. The van der Waals surface area contributed by atoms with E-state index >= 15 is 0 Å². The number of hydrogen-bond acceptors (Lipinski definition) is 5. The molecule has 130 valence electrons. The minimum atomic E-state index is -0.658. The molecule has 1 atom stereocenters. The Morgan fingerprint density at radius 1 is 1.30 bits per heavy atom. The van der Waals surface area contributed by atoms with Crippen LogP contribution in [-0.4, -0.2) is 34.8 Å². The number of carbonyl (C=O) groups excluding carboxylic acids is 2. The molecule has 0 radical (unpaired) electrons. The van der Waals surface area contributed by atoms with Crippen LogP contribution in [0.25, 0.3) is 0 Å². The number of amides is 2. The molecule has 0 unspecified atom stereocenters. The Hall–Kier alpha value is -2.05. The van der Waals surface area contributed by atoms with E-state index in [0.717, 1.165) is 0 Å². The highest BCUT2D eigenvalue weighted by Crippen LogP contribution is 2.17. The number of rotatable bonds is 5. The molecule has 7 heteroatoms. The van der Waals surface area contributed by atoms with Gasteiger partial charge in [-0.1, -0.05) is 19.0 Å². The topological polar surface area (TPSA) is 93.5 Å². The van der Waals surface area contributed by atoms with Gasteiger partial charge >= 0.3 is 6.09 Å². The molecule has 1 aromatic rings. The van der Waals surface area contributed by atoms with Crippen LogP contribution in [-0.2, 0) is 4.74 Å². The summed E-state index contributed by atoms with van der Waals surface area (Å²) in [7, 11) is 0. The molecule has 0 bridgehead atoms. The molecule has 1 rings (SSSR count). The lowest BCUT2D eigenvalue weighted by Crippen LogP contribution is -2.57. The molecule has 0 fully saturated rings. The highest BCUT2D eigenvalue weighted by atomic mass is 16.6. The standard InChI is InChI=1S/C16H27N3O4/c1-10(2)16(7,9-17-14(21)22-15(4,5)6)18-13(20)12-8-11(3)19-23-12/h8,10H,9H2,1-7H3,(H,17,21)(H,18,20)/t16-/m0/s1. The fraction of sp³-hybridized carbons (Fsp3) is 0.688. The van der Waals surface area contributed by atoms with Crippen molar-refractivity contribution in [3.05, 3.63) is 17.5 Å². The van der Waals surface area contributed by atoms with Crippen molar-refractivity contribution in [2.45, 2.75) is 59.6 Å². The van der Waals surface area contributed by atoms with E-state index in [1.165, 1.54) is 0 Å². The molecule has 1 aromatic heterocycles.